The van der Waals surface area contributed by atoms with Crippen LogP contribution in [-0.2, 0) is 10.9 Å². The van der Waals surface area contributed by atoms with E-state index in [-0.39, 0.29) is 11.6 Å². The van der Waals surface area contributed by atoms with Gasteiger partial charge in [-0.15, -0.1) is 0 Å². The first-order valence-electron chi connectivity index (χ1n) is 7.79. The molecule has 0 atom stereocenters. The summed E-state index contributed by atoms with van der Waals surface area (Å²) < 4.78 is 28.2. The molecule has 122 valence electrons. The van der Waals surface area contributed by atoms with Crippen molar-refractivity contribution in [3.8, 4) is 0 Å². The van der Waals surface area contributed by atoms with Crippen molar-refractivity contribution in [3.05, 3.63) is 89.0 Å². The summed E-state index contributed by atoms with van der Waals surface area (Å²) in [6.07, 6.45) is 0. The average Bonchev–Trinajstić information content (AvgIpc) is 2.56. The Labute approximate surface area is 144 Å². The Balaban J connectivity index is 2.17. The van der Waals surface area contributed by atoms with Gasteiger partial charge in [0, 0.05) is 12.1 Å². The lowest BCUT2D eigenvalue weighted by Crippen LogP contribution is -2.06. The molecule has 0 saturated carbocycles. The molecule has 0 radical (unpaired) electrons. The van der Waals surface area contributed by atoms with E-state index >= 15 is 0 Å². The molecule has 0 amide bonds. The summed E-state index contributed by atoms with van der Waals surface area (Å²) in [4.78, 5) is 2.75. The van der Waals surface area contributed by atoms with Gasteiger partial charge < -0.3 is 0 Å². The van der Waals surface area contributed by atoms with Crippen molar-refractivity contribution in [3.63, 3.8) is 0 Å². The molecule has 0 aliphatic rings. The predicted octanol–water partition coefficient (Wildman–Crippen LogP) is 5.99. The SMILES string of the molecule is Cc1ccc([S+](c2ccc(C)c(F)c2)c2ccc(C)c(F)c2)cc1. The third kappa shape index (κ3) is 3.36. The Kier molecular flexibility index (Phi) is 4.72. The van der Waals surface area contributed by atoms with Crippen LogP contribution in [0.25, 0.3) is 0 Å². The van der Waals surface area contributed by atoms with Crippen LogP contribution in [0.2, 0.25) is 0 Å². The molecule has 0 heterocycles. The number of benzene rings is 3. The number of rotatable bonds is 3. The average molecular weight is 341 g/mol. The van der Waals surface area contributed by atoms with Crippen LogP contribution in [0.4, 0.5) is 8.78 Å². The monoisotopic (exact) mass is 341 g/mol. The lowest BCUT2D eigenvalue weighted by atomic mass is 10.2. The van der Waals surface area contributed by atoms with Crippen LogP contribution in [0.3, 0.4) is 0 Å². The molecule has 0 unspecified atom stereocenters. The molecule has 3 rings (SSSR count). The number of hydrogen-bond acceptors (Lipinski definition) is 0. The predicted molar refractivity (Wildman–Crippen MR) is 95.6 cm³/mol. The van der Waals surface area contributed by atoms with Crippen LogP contribution in [0.1, 0.15) is 16.7 Å². The lowest BCUT2D eigenvalue weighted by molar-refractivity contribution is 0.614. The Morgan fingerprint density at radius 1 is 0.583 bits per heavy atom. The first-order valence-corrected chi connectivity index (χ1v) is 9.01. The molecule has 0 aliphatic heterocycles. The first-order chi connectivity index (χ1) is 11.5. The van der Waals surface area contributed by atoms with Gasteiger partial charge in [0.05, 0.1) is 10.9 Å². The van der Waals surface area contributed by atoms with E-state index < -0.39 is 10.9 Å². The van der Waals surface area contributed by atoms with Crippen molar-refractivity contribution in [1.29, 1.82) is 0 Å². The van der Waals surface area contributed by atoms with E-state index in [9.17, 15) is 8.78 Å². The molecule has 0 fully saturated rings. The van der Waals surface area contributed by atoms with Crippen molar-refractivity contribution in [2.45, 2.75) is 35.5 Å². The first kappa shape index (κ1) is 16.7. The van der Waals surface area contributed by atoms with E-state index in [4.69, 9.17) is 0 Å². The van der Waals surface area contributed by atoms with E-state index in [0.29, 0.717) is 11.1 Å². The maximum atomic E-state index is 14.1. The molecule has 3 aromatic carbocycles. The maximum absolute atomic E-state index is 14.1. The number of hydrogen-bond donors (Lipinski definition) is 0. The minimum atomic E-state index is -0.540. The number of halogens is 2. The van der Waals surface area contributed by atoms with Crippen molar-refractivity contribution in [1.82, 2.24) is 0 Å². The van der Waals surface area contributed by atoms with E-state index in [2.05, 4.69) is 0 Å². The van der Waals surface area contributed by atoms with Crippen LogP contribution >= 0.6 is 0 Å². The summed E-state index contributed by atoms with van der Waals surface area (Å²) in [5, 5.41) is 0. The normalized spacial score (nSPS) is 11.1. The topological polar surface area (TPSA) is 0 Å². The van der Waals surface area contributed by atoms with Gasteiger partial charge in [-0.05, 0) is 56.2 Å². The number of aryl methyl sites for hydroxylation is 3. The molecule has 3 aromatic rings. The maximum Gasteiger partial charge on any atom is 0.169 e. The highest BCUT2D eigenvalue weighted by Gasteiger charge is 2.30. The lowest BCUT2D eigenvalue weighted by Gasteiger charge is -2.10. The van der Waals surface area contributed by atoms with Gasteiger partial charge in [0.1, 0.15) is 11.6 Å². The molecule has 0 spiro atoms. The van der Waals surface area contributed by atoms with E-state index in [0.717, 1.165) is 20.2 Å². The summed E-state index contributed by atoms with van der Waals surface area (Å²) >= 11 is 0. The summed E-state index contributed by atoms with van der Waals surface area (Å²) in [5.74, 6) is -0.464. The van der Waals surface area contributed by atoms with Gasteiger partial charge in [0.15, 0.2) is 14.7 Å². The summed E-state index contributed by atoms with van der Waals surface area (Å²) in [6, 6.07) is 18.7. The second-order valence-electron chi connectivity index (χ2n) is 5.94. The molecular weight excluding hydrogens is 322 g/mol. The summed E-state index contributed by atoms with van der Waals surface area (Å²) in [7, 11) is -0.540. The molecule has 0 nitrogen and oxygen atoms in total. The van der Waals surface area contributed by atoms with Gasteiger partial charge >= 0.3 is 0 Å². The third-order valence-corrected chi connectivity index (χ3v) is 6.21. The zero-order valence-electron chi connectivity index (χ0n) is 13.9. The zero-order chi connectivity index (χ0) is 17.3. The van der Waals surface area contributed by atoms with Gasteiger partial charge in [-0.1, -0.05) is 29.8 Å². The van der Waals surface area contributed by atoms with Crippen LogP contribution in [0.5, 0.6) is 0 Å². The summed E-state index contributed by atoms with van der Waals surface area (Å²) in [5.41, 5.74) is 2.38. The van der Waals surface area contributed by atoms with Gasteiger partial charge in [-0.25, -0.2) is 8.78 Å². The smallest absolute Gasteiger partial charge is 0.169 e. The fraction of sp³-hybridized carbons (Fsp3) is 0.143. The molecule has 0 aliphatic carbocycles. The molecule has 3 heteroatoms. The highest BCUT2D eigenvalue weighted by atomic mass is 32.2. The second-order valence-corrected chi connectivity index (χ2v) is 7.97. The van der Waals surface area contributed by atoms with E-state index in [1.165, 1.54) is 0 Å². The summed E-state index contributed by atoms with van der Waals surface area (Å²) in [6.45, 7) is 5.52. The van der Waals surface area contributed by atoms with Gasteiger partial charge in [0.2, 0.25) is 0 Å². The molecule has 0 bridgehead atoms. The van der Waals surface area contributed by atoms with Crippen molar-refractivity contribution in [2.24, 2.45) is 0 Å². The van der Waals surface area contributed by atoms with E-state index in [1.54, 1.807) is 38.1 Å². The van der Waals surface area contributed by atoms with Crippen LogP contribution < -0.4 is 0 Å². The van der Waals surface area contributed by atoms with E-state index in [1.807, 2.05) is 43.3 Å². The van der Waals surface area contributed by atoms with Crippen LogP contribution in [0.15, 0.2) is 75.4 Å². The second kappa shape index (κ2) is 6.78. The van der Waals surface area contributed by atoms with Crippen molar-refractivity contribution < 1.29 is 8.78 Å². The highest BCUT2D eigenvalue weighted by Crippen LogP contribution is 2.33. The minimum Gasteiger partial charge on any atom is -0.207 e. The van der Waals surface area contributed by atoms with Crippen LogP contribution in [0, 0.1) is 32.4 Å². The van der Waals surface area contributed by atoms with Crippen LogP contribution in [-0.4, -0.2) is 0 Å². The van der Waals surface area contributed by atoms with Crippen molar-refractivity contribution >= 4 is 10.9 Å². The molecule has 0 N–H and O–H groups in total. The fourth-order valence-corrected chi connectivity index (χ4v) is 4.56. The Morgan fingerprint density at radius 3 is 1.42 bits per heavy atom. The largest absolute Gasteiger partial charge is 0.207 e. The Bertz CT molecular complexity index is 818. The molecule has 24 heavy (non-hydrogen) atoms. The Morgan fingerprint density at radius 2 is 1.00 bits per heavy atom. The molecular formula is C21H19F2S+. The third-order valence-electron chi connectivity index (χ3n) is 4.01. The van der Waals surface area contributed by atoms with Crippen molar-refractivity contribution in [2.75, 3.05) is 0 Å². The standard InChI is InChI=1S/C21H19F2S/c1-14-4-8-17(9-5-14)24(18-10-6-15(2)20(22)12-18)19-11-7-16(3)21(23)13-19/h4-13H,1-3H3/q+1. The van der Waals surface area contributed by atoms with Gasteiger partial charge in [-0.2, -0.15) is 0 Å². The van der Waals surface area contributed by atoms with Gasteiger partial charge in [0.25, 0.3) is 0 Å². The quantitative estimate of drug-likeness (QED) is 0.514. The Hall–Kier alpha value is -2.13. The fourth-order valence-electron chi connectivity index (χ4n) is 2.48. The van der Waals surface area contributed by atoms with Gasteiger partial charge in [-0.3, -0.25) is 0 Å². The molecule has 0 saturated heterocycles. The minimum absolute atomic E-state index is 0.232. The zero-order valence-corrected chi connectivity index (χ0v) is 14.8. The highest BCUT2D eigenvalue weighted by molar-refractivity contribution is 7.97. The molecule has 0 aromatic heterocycles.